The number of hydrazine groups is 1. The van der Waals surface area contributed by atoms with E-state index in [-0.39, 0.29) is 11.7 Å². The average Bonchev–Trinajstić information content (AvgIpc) is 2.76. The Morgan fingerprint density at radius 2 is 2.18 bits per heavy atom. The van der Waals surface area contributed by atoms with Gasteiger partial charge in [-0.15, -0.1) is 0 Å². The minimum Gasteiger partial charge on any atom is -0.330 e. The Morgan fingerprint density at radius 1 is 1.41 bits per heavy atom. The first-order valence-corrected chi connectivity index (χ1v) is 5.61. The number of carbonyl (C=O) groups is 2. The number of nitrogens with zero attached hydrogens (tertiary/aromatic N) is 1. The highest BCUT2D eigenvalue weighted by molar-refractivity contribution is 6.02. The molecule has 1 aliphatic heterocycles. The third-order valence-electron chi connectivity index (χ3n) is 2.69. The SMILES string of the molecule is NCCC(=O)c1ccccc1N1CCC(=O)N1. The first-order chi connectivity index (χ1) is 8.22. The molecule has 0 spiro atoms. The number of hydrogen-bond acceptors (Lipinski definition) is 4. The molecule has 1 saturated heterocycles. The number of nitrogens with one attached hydrogen (secondary N) is 1. The van der Waals surface area contributed by atoms with Crippen LogP contribution in [0.4, 0.5) is 5.69 Å². The lowest BCUT2D eigenvalue weighted by molar-refractivity contribution is -0.119. The first kappa shape index (κ1) is 11.6. The lowest BCUT2D eigenvalue weighted by atomic mass is 10.1. The molecule has 5 heteroatoms. The van der Waals surface area contributed by atoms with E-state index in [1.54, 1.807) is 11.1 Å². The van der Waals surface area contributed by atoms with Gasteiger partial charge in [0.2, 0.25) is 5.91 Å². The van der Waals surface area contributed by atoms with Crippen molar-refractivity contribution in [2.75, 3.05) is 18.1 Å². The molecule has 1 aromatic rings. The van der Waals surface area contributed by atoms with E-state index in [0.29, 0.717) is 31.5 Å². The lowest BCUT2D eigenvalue weighted by Gasteiger charge is -2.20. The molecule has 0 saturated carbocycles. The van der Waals surface area contributed by atoms with Crippen LogP contribution in [0.25, 0.3) is 0 Å². The van der Waals surface area contributed by atoms with Gasteiger partial charge in [-0.3, -0.25) is 20.0 Å². The Balaban J connectivity index is 2.27. The second-order valence-corrected chi connectivity index (χ2v) is 3.92. The number of nitrogens with two attached hydrogens (primary N) is 1. The predicted molar refractivity (Wildman–Crippen MR) is 64.5 cm³/mol. The summed E-state index contributed by atoms with van der Waals surface area (Å²) in [5, 5.41) is 1.71. The van der Waals surface area contributed by atoms with Crippen LogP contribution < -0.4 is 16.2 Å². The van der Waals surface area contributed by atoms with Crippen molar-refractivity contribution in [1.29, 1.82) is 0 Å². The molecule has 1 fully saturated rings. The van der Waals surface area contributed by atoms with Crippen LogP contribution in [0, 0.1) is 0 Å². The van der Waals surface area contributed by atoms with Crippen LogP contribution in [-0.4, -0.2) is 24.8 Å². The van der Waals surface area contributed by atoms with Gasteiger partial charge in [0.25, 0.3) is 0 Å². The largest absolute Gasteiger partial charge is 0.330 e. The summed E-state index contributed by atoms with van der Waals surface area (Å²) in [6.07, 6.45) is 0.776. The van der Waals surface area contributed by atoms with Gasteiger partial charge in [-0.1, -0.05) is 12.1 Å². The van der Waals surface area contributed by atoms with Gasteiger partial charge in [-0.05, 0) is 18.7 Å². The first-order valence-electron chi connectivity index (χ1n) is 5.61. The van der Waals surface area contributed by atoms with Crippen molar-refractivity contribution in [3.63, 3.8) is 0 Å². The summed E-state index contributed by atoms with van der Waals surface area (Å²) in [5.74, 6) is -0.0182. The maximum Gasteiger partial charge on any atom is 0.240 e. The van der Waals surface area contributed by atoms with Crippen LogP contribution in [-0.2, 0) is 4.79 Å². The molecule has 17 heavy (non-hydrogen) atoms. The minimum absolute atomic E-state index is 0.00393. The zero-order valence-electron chi connectivity index (χ0n) is 9.48. The van der Waals surface area contributed by atoms with E-state index in [2.05, 4.69) is 5.43 Å². The fourth-order valence-corrected chi connectivity index (χ4v) is 1.87. The minimum atomic E-state index is -0.0222. The molecule has 90 valence electrons. The number of carbonyl (C=O) groups excluding carboxylic acids is 2. The maximum atomic E-state index is 11.9. The number of amides is 1. The van der Waals surface area contributed by atoms with Gasteiger partial charge in [-0.2, -0.15) is 0 Å². The fourth-order valence-electron chi connectivity index (χ4n) is 1.87. The third-order valence-corrected chi connectivity index (χ3v) is 2.69. The van der Waals surface area contributed by atoms with Crippen LogP contribution in [0.1, 0.15) is 23.2 Å². The van der Waals surface area contributed by atoms with E-state index in [0.717, 1.165) is 5.69 Å². The predicted octanol–water partition coefficient (Wildman–Crippen LogP) is 0.459. The third kappa shape index (κ3) is 2.45. The van der Waals surface area contributed by atoms with Crippen LogP contribution in [0.5, 0.6) is 0 Å². The van der Waals surface area contributed by atoms with Crippen molar-refractivity contribution in [3.8, 4) is 0 Å². The van der Waals surface area contributed by atoms with E-state index in [1.807, 2.05) is 18.2 Å². The number of benzene rings is 1. The van der Waals surface area contributed by atoms with Crippen LogP contribution in [0.3, 0.4) is 0 Å². The highest BCUT2D eigenvalue weighted by atomic mass is 16.2. The normalized spacial score (nSPS) is 14.9. The van der Waals surface area contributed by atoms with Crippen molar-refractivity contribution >= 4 is 17.4 Å². The van der Waals surface area contributed by atoms with Gasteiger partial charge in [-0.25, -0.2) is 0 Å². The van der Waals surface area contributed by atoms with Gasteiger partial charge in [0.05, 0.1) is 5.69 Å². The number of para-hydroxylation sites is 1. The van der Waals surface area contributed by atoms with Gasteiger partial charge in [0.15, 0.2) is 5.78 Å². The molecule has 2 rings (SSSR count). The second kappa shape index (κ2) is 4.97. The molecule has 1 heterocycles. The summed E-state index contributed by atoms with van der Waals surface area (Å²) >= 11 is 0. The molecule has 0 aromatic heterocycles. The van der Waals surface area contributed by atoms with E-state index in [1.165, 1.54) is 0 Å². The zero-order chi connectivity index (χ0) is 12.3. The summed E-state index contributed by atoms with van der Waals surface area (Å²) in [5.41, 5.74) is 9.46. The molecule has 1 aliphatic rings. The molecule has 0 aliphatic carbocycles. The van der Waals surface area contributed by atoms with Gasteiger partial charge < -0.3 is 5.73 Å². The van der Waals surface area contributed by atoms with Crippen molar-refractivity contribution in [1.82, 2.24) is 5.43 Å². The Hall–Kier alpha value is -1.88. The molecule has 0 unspecified atom stereocenters. The fraction of sp³-hybridized carbons (Fsp3) is 0.333. The topological polar surface area (TPSA) is 75.4 Å². The van der Waals surface area contributed by atoms with E-state index in [9.17, 15) is 9.59 Å². The van der Waals surface area contributed by atoms with Crippen molar-refractivity contribution in [2.24, 2.45) is 5.73 Å². The Labute approximate surface area is 99.6 Å². The number of rotatable bonds is 4. The van der Waals surface area contributed by atoms with E-state index in [4.69, 9.17) is 5.73 Å². The number of hydrogen-bond donors (Lipinski definition) is 2. The highest BCUT2D eigenvalue weighted by Crippen LogP contribution is 2.22. The van der Waals surface area contributed by atoms with E-state index < -0.39 is 0 Å². The molecular weight excluding hydrogens is 218 g/mol. The smallest absolute Gasteiger partial charge is 0.240 e. The second-order valence-electron chi connectivity index (χ2n) is 3.92. The molecular formula is C12H15N3O2. The number of anilines is 1. The Morgan fingerprint density at radius 3 is 2.82 bits per heavy atom. The summed E-state index contributed by atoms with van der Waals surface area (Å²) in [6.45, 7) is 0.922. The number of Topliss-reactive ketones (excluding diaryl/α,β-unsaturated/α-hetero) is 1. The van der Waals surface area contributed by atoms with E-state index >= 15 is 0 Å². The highest BCUT2D eigenvalue weighted by Gasteiger charge is 2.22. The Kier molecular flexibility index (Phi) is 3.39. The molecule has 0 atom stereocenters. The summed E-state index contributed by atoms with van der Waals surface area (Å²) in [4.78, 5) is 23.1. The summed E-state index contributed by atoms with van der Waals surface area (Å²) < 4.78 is 0. The average molecular weight is 233 g/mol. The molecule has 5 nitrogen and oxygen atoms in total. The van der Waals surface area contributed by atoms with Crippen molar-refractivity contribution in [2.45, 2.75) is 12.8 Å². The quantitative estimate of drug-likeness (QED) is 0.741. The van der Waals surface area contributed by atoms with Crippen LogP contribution >= 0.6 is 0 Å². The van der Waals surface area contributed by atoms with Crippen LogP contribution in [0.2, 0.25) is 0 Å². The summed E-state index contributed by atoms with van der Waals surface area (Å²) in [6, 6.07) is 7.25. The van der Waals surface area contributed by atoms with Gasteiger partial charge >= 0.3 is 0 Å². The maximum absolute atomic E-state index is 11.9. The molecule has 0 bridgehead atoms. The number of ketones is 1. The van der Waals surface area contributed by atoms with Gasteiger partial charge in [0.1, 0.15) is 0 Å². The molecule has 1 aromatic carbocycles. The van der Waals surface area contributed by atoms with Gasteiger partial charge in [0, 0.05) is 24.9 Å². The standard InChI is InChI=1S/C12H15N3O2/c13-7-5-11(16)9-3-1-2-4-10(9)15-8-6-12(17)14-15/h1-4H,5-8,13H2,(H,14,17). The lowest BCUT2D eigenvalue weighted by Crippen LogP contribution is -2.34. The molecule has 1 amide bonds. The summed E-state index contributed by atoms with van der Waals surface area (Å²) in [7, 11) is 0. The van der Waals surface area contributed by atoms with Crippen molar-refractivity contribution < 1.29 is 9.59 Å². The van der Waals surface area contributed by atoms with Crippen LogP contribution in [0.15, 0.2) is 24.3 Å². The molecule has 3 N–H and O–H groups in total. The monoisotopic (exact) mass is 233 g/mol. The zero-order valence-corrected chi connectivity index (χ0v) is 9.48. The molecule has 0 radical (unpaired) electrons. The Bertz CT molecular complexity index is 445. The van der Waals surface area contributed by atoms with Crippen molar-refractivity contribution in [3.05, 3.63) is 29.8 Å².